The number of ether oxygens (including phenoxy) is 2. The molecule has 8 nitrogen and oxygen atoms in total. The first kappa shape index (κ1) is 22.8. The second-order valence-corrected chi connectivity index (χ2v) is 9.06. The van der Waals surface area contributed by atoms with Gasteiger partial charge in [-0.1, -0.05) is 36.4 Å². The van der Waals surface area contributed by atoms with Crippen LogP contribution in [0.4, 0.5) is 0 Å². The molecule has 0 bridgehead atoms. The Bertz CT molecular complexity index is 1730. The summed E-state index contributed by atoms with van der Waals surface area (Å²) in [7, 11) is 3.17. The minimum Gasteiger partial charge on any atom is -0.493 e. The van der Waals surface area contributed by atoms with Crippen LogP contribution in [0.1, 0.15) is 11.1 Å². The fraction of sp³-hybridized carbons (Fsp3) is 0.207. The van der Waals surface area contributed by atoms with Crippen LogP contribution in [-0.2, 0) is 30.8 Å². The highest BCUT2D eigenvalue weighted by Gasteiger charge is 2.27. The van der Waals surface area contributed by atoms with E-state index in [4.69, 9.17) is 14.5 Å². The van der Waals surface area contributed by atoms with Crippen LogP contribution in [0.5, 0.6) is 11.5 Å². The molecule has 0 unspecified atom stereocenters. The van der Waals surface area contributed by atoms with Gasteiger partial charge in [0, 0.05) is 24.0 Å². The van der Waals surface area contributed by atoms with Gasteiger partial charge in [-0.05, 0) is 47.9 Å². The Morgan fingerprint density at radius 1 is 0.973 bits per heavy atom. The molecule has 3 heterocycles. The lowest BCUT2D eigenvalue weighted by molar-refractivity contribution is -0.121. The molecule has 5 aromatic rings. The van der Waals surface area contributed by atoms with Gasteiger partial charge in [0.1, 0.15) is 6.54 Å². The highest BCUT2D eigenvalue weighted by Crippen LogP contribution is 2.36. The van der Waals surface area contributed by atoms with Crippen molar-refractivity contribution in [1.29, 1.82) is 0 Å². The van der Waals surface area contributed by atoms with Crippen LogP contribution in [0, 0.1) is 0 Å². The third-order valence-electron chi connectivity index (χ3n) is 6.97. The Hall–Kier alpha value is -4.59. The lowest BCUT2D eigenvalue weighted by atomic mass is 10.0. The average Bonchev–Trinajstić information content (AvgIpc) is 3.25. The van der Waals surface area contributed by atoms with Gasteiger partial charge in [-0.25, -0.2) is 4.98 Å². The Morgan fingerprint density at radius 3 is 2.54 bits per heavy atom. The maximum Gasteiger partial charge on any atom is 0.261 e. The van der Waals surface area contributed by atoms with E-state index in [1.54, 1.807) is 18.8 Å². The summed E-state index contributed by atoms with van der Waals surface area (Å²) in [6.45, 7) is 1.00. The number of rotatable bonds is 6. The molecule has 2 aromatic heterocycles. The number of para-hydroxylation sites is 2. The van der Waals surface area contributed by atoms with Gasteiger partial charge in [-0.3, -0.25) is 14.2 Å². The predicted molar refractivity (Wildman–Crippen MR) is 142 cm³/mol. The molecule has 1 amide bonds. The number of carbonyl (C=O) groups is 1. The molecule has 6 rings (SSSR count). The lowest BCUT2D eigenvalue weighted by Crippen LogP contribution is -2.30. The molecule has 0 spiro atoms. The number of benzene rings is 3. The van der Waals surface area contributed by atoms with Crippen molar-refractivity contribution in [2.24, 2.45) is 0 Å². The number of nitrogens with zero attached hydrogens (tertiary/aromatic N) is 3. The number of hydrogen-bond donors (Lipinski definition) is 1. The molecular formula is C29H26N4O4. The van der Waals surface area contributed by atoms with E-state index in [0.29, 0.717) is 47.7 Å². The van der Waals surface area contributed by atoms with Crippen LogP contribution in [0.15, 0.2) is 71.5 Å². The maximum atomic E-state index is 13.3. The van der Waals surface area contributed by atoms with E-state index in [1.807, 2.05) is 65.2 Å². The van der Waals surface area contributed by atoms with Crippen molar-refractivity contribution in [2.75, 3.05) is 14.2 Å². The van der Waals surface area contributed by atoms with E-state index < -0.39 is 0 Å². The van der Waals surface area contributed by atoms with Gasteiger partial charge >= 0.3 is 0 Å². The summed E-state index contributed by atoms with van der Waals surface area (Å²) in [6.07, 6.45) is 0.697. The molecule has 3 aromatic carbocycles. The van der Waals surface area contributed by atoms with Crippen LogP contribution in [-0.4, -0.2) is 34.2 Å². The van der Waals surface area contributed by atoms with E-state index in [-0.39, 0.29) is 18.0 Å². The largest absolute Gasteiger partial charge is 0.493 e. The van der Waals surface area contributed by atoms with Crippen molar-refractivity contribution in [3.8, 4) is 23.0 Å². The summed E-state index contributed by atoms with van der Waals surface area (Å²) in [5.41, 5.74) is 4.39. The van der Waals surface area contributed by atoms with Gasteiger partial charge in [0.25, 0.3) is 5.56 Å². The molecule has 0 radical (unpaired) electrons. The molecule has 1 N–H and O–H groups in total. The van der Waals surface area contributed by atoms with Crippen LogP contribution in [0.2, 0.25) is 0 Å². The fourth-order valence-electron chi connectivity index (χ4n) is 5.22. The number of fused-ring (bicyclic) bond motifs is 6. The van der Waals surface area contributed by atoms with E-state index in [0.717, 1.165) is 27.7 Å². The van der Waals surface area contributed by atoms with Gasteiger partial charge in [-0.15, -0.1) is 0 Å². The molecule has 0 saturated carbocycles. The first-order valence-corrected chi connectivity index (χ1v) is 12.2. The topological polar surface area (TPSA) is 87.4 Å². The van der Waals surface area contributed by atoms with Crippen molar-refractivity contribution < 1.29 is 14.3 Å². The summed E-state index contributed by atoms with van der Waals surface area (Å²) < 4.78 is 14.4. The number of hydrogen-bond acceptors (Lipinski definition) is 5. The van der Waals surface area contributed by atoms with Crippen LogP contribution >= 0.6 is 0 Å². The number of aromatic nitrogens is 3. The van der Waals surface area contributed by atoms with Crippen LogP contribution in [0.3, 0.4) is 0 Å². The number of methoxy groups -OCH3 is 2. The van der Waals surface area contributed by atoms with E-state index in [2.05, 4.69) is 11.4 Å². The molecule has 0 fully saturated rings. The second-order valence-electron chi connectivity index (χ2n) is 9.06. The van der Waals surface area contributed by atoms with Crippen molar-refractivity contribution in [1.82, 2.24) is 19.4 Å². The quantitative estimate of drug-likeness (QED) is 0.387. The standard InChI is InChI=1S/C29H26N4O4/c1-36-24-12-11-18(15-25(24)37-2)16-30-26(34)17-33-23-10-6-4-7-19(23)20-13-14-32-28(27(20)33)31-22-9-5-3-8-21(22)29(32)35/h3-12,15H,13-14,16-17H2,1-2H3,(H,30,34). The number of carbonyl (C=O) groups excluding carboxylic acids is 1. The van der Waals surface area contributed by atoms with Crippen molar-refractivity contribution in [3.63, 3.8) is 0 Å². The number of nitrogens with one attached hydrogen (secondary N) is 1. The second kappa shape index (κ2) is 9.13. The highest BCUT2D eigenvalue weighted by molar-refractivity contribution is 5.93. The van der Waals surface area contributed by atoms with Gasteiger partial charge in [0.05, 0.1) is 30.8 Å². The van der Waals surface area contributed by atoms with Gasteiger partial charge in [0.15, 0.2) is 17.3 Å². The summed E-state index contributed by atoms with van der Waals surface area (Å²) >= 11 is 0. The molecule has 186 valence electrons. The average molecular weight is 495 g/mol. The zero-order valence-electron chi connectivity index (χ0n) is 20.7. The zero-order chi connectivity index (χ0) is 25.5. The third-order valence-corrected chi connectivity index (χ3v) is 6.97. The molecule has 0 saturated heterocycles. The van der Waals surface area contributed by atoms with Crippen molar-refractivity contribution in [2.45, 2.75) is 26.1 Å². The van der Waals surface area contributed by atoms with Gasteiger partial charge in [-0.2, -0.15) is 0 Å². The van der Waals surface area contributed by atoms with Crippen molar-refractivity contribution >= 4 is 27.7 Å². The monoisotopic (exact) mass is 494 g/mol. The highest BCUT2D eigenvalue weighted by atomic mass is 16.5. The van der Waals surface area contributed by atoms with Crippen LogP contribution in [0.25, 0.3) is 33.3 Å². The number of aryl methyl sites for hydroxylation is 1. The Labute approximate surface area is 213 Å². The SMILES string of the molecule is COc1ccc(CNC(=O)Cn2c3c(c4ccccc42)CCn2c-3nc3ccccc3c2=O)cc1OC. The van der Waals surface area contributed by atoms with Gasteiger partial charge in [0.2, 0.25) is 5.91 Å². The summed E-state index contributed by atoms with van der Waals surface area (Å²) in [6, 6.07) is 21.0. The molecule has 1 aliphatic heterocycles. The first-order chi connectivity index (χ1) is 18.1. The smallest absolute Gasteiger partial charge is 0.261 e. The predicted octanol–water partition coefficient (Wildman–Crippen LogP) is 3.91. The fourth-order valence-corrected chi connectivity index (χ4v) is 5.22. The first-order valence-electron chi connectivity index (χ1n) is 12.2. The van der Waals surface area contributed by atoms with E-state index >= 15 is 0 Å². The molecule has 0 aliphatic carbocycles. The summed E-state index contributed by atoms with van der Waals surface area (Å²) in [4.78, 5) is 31.4. The minimum absolute atomic E-state index is 0.0547. The normalized spacial score (nSPS) is 12.3. The zero-order valence-corrected chi connectivity index (χ0v) is 20.7. The molecule has 37 heavy (non-hydrogen) atoms. The minimum atomic E-state index is -0.140. The number of amides is 1. The van der Waals surface area contributed by atoms with E-state index in [1.165, 1.54) is 0 Å². The Balaban J connectivity index is 1.38. The summed E-state index contributed by atoms with van der Waals surface area (Å²) in [5.74, 6) is 1.71. The van der Waals surface area contributed by atoms with Crippen LogP contribution < -0.4 is 20.3 Å². The molecule has 8 heteroatoms. The Kier molecular flexibility index (Phi) is 5.64. The lowest BCUT2D eigenvalue weighted by Gasteiger charge is -2.21. The Morgan fingerprint density at radius 2 is 1.73 bits per heavy atom. The van der Waals surface area contributed by atoms with E-state index in [9.17, 15) is 9.59 Å². The molecule has 1 aliphatic rings. The third kappa shape index (κ3) is 3.81. The molecule has 0 atom stereocenters. The van der Waals surface area contributed by atoms with Gasteiger partial charge < -0.3 is 19.4 Å². The summed E-state index contributed by atoms with van der Waals surface area (Å²) in [5, 5.41) is 4.70. The van der Waals surface area contributed by atoms with Crippen molar-refractivity contribution in [3.05, 3.63) is 88.2 Å². The maximum absolute atomic E-state index is 13.3. The molecular weight excluding hydrogens is 468 g/mol.